The van der Waals surface area contributed by atoms with E-state index in [1.54, 1.807) is 0 Å². The molecule has 8 nitrogen and oxygen atoms in total. The molecule has 0 saturated carbocycles. The monoisotopic (exact) mass is 341 g/mol. The topological polar surface area (TPSA) is 88.2 Å². The van der Waals surface area contributed by atoms with Crippen LogP contribution in [-0.4, -0.2) is 86.7 Å². The Morgan fingerprint density at radius 3 is 2.58 bits per heavy atom. The first kappa shape index (κ1) is 18.7. The van der Waals surface area contributed by atoms with Gasteiger partial charge in [-0.05, 0) is 19.3 Å². The minimum atomic E-state index is -0.269. The molecule has 1 atom stereocenters. The van der Waals surface area contributed by atoms with Gasteiger partial charge in [-0.1, -0.05) is 0 Å². The summed E-state index contributed by atoms with van der Waals surface area (Å²) in [6.07, 6.45) is 2.37. The highest BCUT2D eigenvalue weighted by Gasteiger charge is 2.30. The zero-order valence-electron chi connectivity index (χ0n) is 14.3. The van der Waals surface area contributed by atoms with Crippen LogP contribution >= 0.6 is 0 Å². The molecule has 2 aliphatic heterocycles. The SMILES string of the molecule is COC(=O)CCCNC(=O)CN1CCN(C(=O)C2CCCO2)CC1. The maximum atomic E-state index is 12.2. The molecule has 0 bridgehead atoms. The van der Waals surface area contributed by atoms with Gasteiger partial charge in [-0.15, -0.1) is 0 Å². The van der Waals surface area contributed by atoms with Crippen molar-refractivity contribution in [2.24, 2.45) is 0 Å². The van der Waals surface area contributed by atoms with E-state index in [0.29, 0.717) is 58.7 Å². The number of hydrogen-bond donors (Lipinski definition) is 1. The molecule has 2 rings (SSSR count). The third-order valence-electron chi connectivity index (χ3n) is 4.36. The van der Waals surface area contributed by atoms with Crippen LogP contribution in [0.4, 0.5) is 0 Å². The Labute approximate surface area is 142 Å². The van der Waals surface area contributed by atoms with Crippen LogP contribution in [-0.2, 0) is 23.9 Å². The lowest BCUT2D eigenvalue weighted by atomic mass is 10.2. The molecule has 0 aromatic rings. The number of nitrogens with one attached hydrogen (secondary N) is 1. The fourth-order valence-corrected chi connectivity index (χ4v) is 2.92. The number of carbonyl (C=O) groups is 3. The van der Waals surface area contributed by atoms with Gasteiger partial charge in [-0.2, -0.15) is 0 Å². The van der Waals surface area contributed by atoms with E-state index in [9.17, 15) is 14.4 Å². The van der Waals surface area contributed by atoms with Crippen molar-refractivity contribution >= 4 is 17.8 Å². The number of nitrogens with zero attached hydrogens (tertiary/aromatic N) is 2. The van der Waals surface area contributed by atoms with Crippen LogP contribution in [0.5, 0.6) is 0 Å². The van der Waals surface area contributed by atoms with E-state index in [2.05, 4.69) is 10.1 Å². The standard InChI is InChI=1S/C16H27N3O5/c1-23-15(21)5-2-6-17-14(20)12-18-7-9-19(10-8-18)16(22)13-4-3-11-24-13/h13H,2-12H2,1H3,(H,17,20). The number of amides is 2. The van der Waals surface area contributed by atoms with Crippen LogP contribution in [0.25, 0.3) is 0 Å². The lowest BCUT2D eigenvalue weighted by molar-refractivity contribution is -0.143. The Kier molecular flexibility index (Phi) is 7.45. The number of hydrogen-bond acceptors (Lipinski definition) is 6. The van der Waals surface area contributed by atoms with E-state index in [0.717, 1.165) is 12.8 Å². The van der Waals surface area contributed by atoms with Crippen molar-refractivity contribution < 1.29 is 23.9 Å². The molecule has 2 fully saturated rings. The van der Waals surface area contributed by atoms with Crippen molar-refractivity contribution in [2.75, 3.05) is 53.0 Å². The van der Waals surface area contributed by atoms with Crippen molar-refractivity contribution in [1.82, 2.24) is 15.1 Å². The Morgan fingerprint density at radius 2 is 1.96 bits per heavy atom. The summed E-state index contributed by atoms with van der Waals surface area (Å²) in [5, 5.41) is 2.80. The van der Waals surface area contributed by atoms with Crippen LogP contribution in [0.1, 0.15) is 25.7 Å². The Morgan fingerprint density at radius 1 is 1.21 bits per heavy atom. The van der Waals surface area contributed by atoms with Crippen molar-refractivity contribution in [1.29, 1.82) is 0 Å². The summed E-state index contributed by atoms with van der Waals surface area (Å²) in [5.41, 5.74) is 0. The molecule has 0 aromatic heterocycles. The molecule has 2 heterocycles. The largest absolute Gasteiger partial charge is 0.469 e. The van der Waals surface area contributed by atoms with E-state index < -0.39 is 0 Å². The quantitative estimate of drug-likeness (QED) is 0.490. The highest BCUT2D eigenvalue weighted by Crippen LogP contribution is 2.15. The van der Waals surface area contributed by atoms with Gasteiger partial charge < -0.3 is 19.7 Å². The average molecular weight is 341 g/mol. The van der Waals surface area contributed by atoms with Gasteiger partial charge in [-0.25, -0.2) is 0 Å². The Hall–Kier alpha value is -1.67. The molecule has 136 valence electrons. The predicted molar refractivity (Wildman–Crippen MR) is 86.3 cm³/mol. The molecular formula is C16H27N3O5. The number of ether oxygens (including phenoxy) is 2. The normalized spacial score (nSPS) is 21.5. The van der Waals surface area contributed by atoms with Crippen molar-refractivity contribution in [2.45, 2.75) is 31.8 Å². The fraction of sp³-hybridized carbons (Fsp3) is 0.812. The second kappa shape index (κ2) is 9.58. The Balaban J connectivity index is 1.59. The lowest BCUT2D eigenvalue weighted by Gasteiger charge is -2.35. The zero-order chi connectivity index (χ0) is 17.4. The lowest BCUT2D eigenvalue weighted by Crippen LogP contribution is -2.53. The smallest absolute Gasteiger partial charge is 0.305 e. The summed E-state index contributed by atoms with van der Waals surface area (Å²) in [5.74, 6) is -0.241. The van der Waals surface area contributed by atoms with Crippen LogP contribution in [0, 0.1) is 0 Å². The van der Waals surface area contributed by atoms with E-state index in [1.807, 2.05) is 9.80 Å². The number of carbonyl (C=O) groups excluding carboxylic acids is 3. The van der Waals surface area contributed by atoms with Gasteiger partial charge in [0.05, 0.1) is 13.7 Å². The molecule has 0 radical (unpaired) electrons. The van der Waals surface area contributed by atoms with Gasteiger partial charge in [-0.3, -0.25) is 19.3 Å². The van der Waals surface area contributed by atoms with Gasteiger partial charge in [0.1, 0.15) is 6.10 Å². The summed E-state index contributed by atoms with van der Waals surface area (Å²) >= 11 is 0. The summed E-state index contributed by atoms with van der Waals surface area (Å²) in [6.45, 7) is 4.10. The molecular weight excluding hydrogens is 314 g/mol. The highest BCUT2D eigenvalue weighted by atomic mass is 16.5. The first-order valence-electron chi connectivity index (χ1n) is 8.56. The number of piperazine rings is 1. The molecule has 2 amide bonds. The summed E-state index contributed by atoms with van der Waals surface area (Å²) in [4.78, 5) is 39.0. The van der Waals surface area contributed by atoms with E-state index in [-0.39, 0.29) is 23.9 Å². The zero-order valence-corrected chi connectivity index (χ0v) is 14.3. The third-order valence-corrected chi connectivity index (χ3v) is 4.36. The number of esters is 1. The van der Waals surface area contributed by atoms with E-state index >= 15 is 0 Å². The minimum Gasteiger partial charge on any atom is -0.469 e. The van der Waals surface area contributed by atoms with E-state index in [1.165, 1.54) is 7.11 Å². The second-order valence-corrected chi connectivity index (χ2v) is 6.13. The molecule has 2 saturated heterocycles. The van der Waals surface area contributed by atoms with Crippen LogP contribution in [0.3, 0.4) is 0 Å². The van der Waals surface area contributed by atoms with Gasteiger partial charge in [0, 0.05) is 45.8 Å². The fourth-order valence-electron chi connectivity index (χ4n) is 2.92. The summed E-state index contributed by atoms with van der Waals surface area (Å²) < 4.78 is 9.98. The number of methoxy groups -OCH3 is 1. The molecule has 2 aliphatic rings. The van der Waals surface area contributed by atoms with Crippen molar-refractivity contribution in [3.8, 4) is 0 Å². The van der Waals surface area contributed by atoms with Gasteiger partial charge in [0.2, 0.25) is 5.91 Å². The second-order valence-electron chi connectivity index (χ2n) is 6.13. The molecule has 0 aromatic carbocycles. The van der Waals surface area contributed by atoms with Crippen LogP contribution in [0.15, 0.2) is 0 Å². The first-order chi connectivity index (χ1) is 11.6. The van der Waals surface area contributed by atoms with Gasteiger partial charge in [0.15, 0.2) is 0 Å². The number of rotatable bonds is 7. The van der Waals surface area contributed by atoms with Gasteiger partial charge >= 0.3 is 5.97 Å². The molecule has 1 unspecified atom stereocenters. The first-order valence-corrected chi connectivity index (χ1v) is 8.56. The summed E-state index contributed by atoms with van der Waals surface area (Å²) in [7, 11) is 1.35. The Bertz CT molecular complexity index is 443. The van der Waals surface area contributed by atoms with Gasteiger partial charge in [0.25, 0.3) is 5.91 Å². The summed E-state index contributed by atoms with van der Waals surface area (Å²) in [6, 6.07) is 0. The molecule has 24 heavy (non-hydrogen) atoms. The van der Waals surface area contributed by atoms with Crippen LogP contribution < -0.4 is 5.32 Å². The molecule has 1 N–H and O–H groups in total. The van der Waals surface area contributed by atoms with Crippen molar-refractivity contribution in [3.63, 3.8) is 0 Å². The van der Waals surface area contributed by atoms with E-state index in [4.69, 9.17) is 4.74 Å². The predicted octanol–water partition coefficient (Wildman–Crippen LogP) is -0.621. The maximum Gasteiger partial charge on any atom is 0.305 e. The average Bonchev–Trinajstić information content (AvgIpc) is 3.13. The molecule has 0 aliphatic carbocycles. The molecule has 0 spiro atoms. The third kappa shape index (κ3) is 5.76. The molecule has 8 heteroatoms. The van der Waals surface area contributed by atoms with Crippen LogP contribution in [0.2, 0.25) is 0 Å². The highest BCUT2D eigenvalue weighted by molar-refractivity contribution is 5.81. The van der Waals surface area contributed by atoms with Crippen molar-refractivity contribution in [3.05, 3.63) is 0 Å². The minimum absolute atomic E-state index is 0.0567. The maximum absolute atomic E-state index is 12.2.